The molecule has 0 saturated carbocycles. The molecule has 1 aromatic carbocycles. The van der Waals surface area contributed by atoms with Gasteiger partial charge in [0.15, 0.2) is 0 Å². The Bertz CT molecular complexity index is 415. The summed E-state index contributed by atoms with van der Waals surface area (Å²) in [7, 11) is -3.67. The van der Waals surface area contributed by atoms with Crippen molar-refractivity contribution in [2.24, 2.45) is 0 Å². The van der Waals surface area contributed by atoms with E-state index < -0.39 is 21.9 Å². The molecule has 0 saturated heterocycles. The minimum atomic E-state index is -3.67. The van der Waals surface area contributed by atoms with Crippen LogP contribution in [0.3, 0.4) is 0 Å². The van der Waals surface area contributed by atoms with Crippen molar-refractivity contribution in [3.63, 3.8) is 0 Å². The number of aliphatic hydroxyl groups is 1. The lowest BCUT2D eigenvalue weighted by atomic mass is 10.4. The summed E-state index contributed by atoms with van der Waals surface area (Å²) < 4.78 is 37.9. The number of rotatable bonds is 4. The maximum Gasteiger partial charge on any atom is 0.240 e. The standard InChI is InChI=1S/C9H12FNO3S/c1-7(6-12)11-15(13,14)9-4-2-8(10)3-5-9/h2-5,7,11-12H,6H2,1H3/t7-/m1/s1. The highest BCUT2D eigenvalue weighted by Gasteiger charge is 2.16. The summed E-state index contributed by atoms with van der Waals surface area (Å²) in [6.45, 7) is 1.24. The van der Waals surface area contributed by atoms with Gasteiger partial charge in [0.05, 0.1) is 11.5 Å². The first-order valence-electron chi connectivity index (χ1n) is 4.34. The molecular formula is C9H12FNO3S. The third-order valence-corrected chi connectivity index (χ3v) is 3.36. The molecular weight excluding hydrogens is 221 g/mol. The van der Waals surface area contributed by atoms with E-state index in [4.69, 9.17) is 5.11 Å². The van der Waals surface area contributed by atoms with E-state index >= 15 is 0 Å². The van der Waals surface area contributed by atoms with Crippen molar-refractivity contribution in [2.75, 3.05) is 6.61 Å². The van der Waals surface area contributed by atoms with Crippen molar-refractivity contribution in [1.29, 1.82) is 0 Å². The minimum Gasteiger partial charge on any atom is -0.395 e. The second-order valence-electron chi connectivity index (χ2n) is 3.16. The molecule has 1 aromatic rings. The summed E-state index contributed by atoms with van der Waals surface area (Å²) in [5, 5.41) is 8.70. The van der Waals surface area contributed by atoms with Crippen molar-refractivity contribution in [2.45, 2.75) is 17.9 Å². The monoisotopic (exact) mass is 233 g/mol. The molecule has 0 aliphatic rings. The number of benzene rings is 1. The number of hydrogen-bond acceptors (Lipinski definition) is 3. The predicted octanol–water partition coefficient (Wildman–Crippen LogP) is 0.485. The first-order chi connectivity index (χ1) is 6.95. The van der Waals surface area contributed by atoms with Crippen LogP contribution in [0.2, 0.25) is 0 Å². The lowest BCUT2D eigenvalue weighted by Gasteiger charge is -2.11. The van der Waals surface area contributed by atoms with Crippen molar-refractivity contribution < 1.29 is 17.9 Å². The van der Waals surface area contributed by atoms with E-state index in [-0.39, 0.29) is 11.5 Å². The van der Waals surface area contributed by atoms with Gasteiger partial charge < -0.3 is 5.11 Å². The number of halogens is 1. The third kappa shape index (κ3) is 3.26. The fourth-order valence-corrected chi connectivity index (χ4v) is 2.22. The van der Waals surface area contributed by atoms with Gasteiger partial charge >= 0.3 is 0 Å². The van der Waals surface area contributed by atoms with E-state index in [1.807, 2.05) is 0 Å². The van der Waals surface area contributed by atoms with E-state index in [0.29, 0.717) is 0 Å². The van der Waals surface area contributed by atoms with E-state index in [1.165, 1.54) is 19.1 Å². The van der Waals surface area contributed by atoms with Crippen LogP contribution in [-0.4, -0.2) is 26.2 Å². The molecule has 15 heavy (non-hydrogen) atoms. The number of nitrogens with one attached hydrogen (secondary N) is 1. The molecule has 0 aliphatic carbocycles. The number of sulfonamides is 1. The Kier molecular flexibility index (Phi) is 3.78. The van der Waals surface area contributed by atoms with Crippen LogP contribution in [-0.2, 0) is 10.0 Å². The maximum absolute atomic E-state index is 12.5. The van der Waals surface area contributed by atoms with Gasteiger partial charge in [0.2, 0.25) is 10.0 Å². The van der Waals surface area contributed by atoms with Gasteiger partial charge in [-0.2, -0.15) is 0 Å². The molecule has 0 heterocycles. The Morgan fingerprint density at radius 3 is 2.40 bits per heavy atom. The lowest BCUT2D eigenvalue weighted by Crippen LogP contribution is -2.34. The second kappa shape index (κ2) is 4.69. The fraction of sp³-hybridized carbons (Fsp3) is 0.333. The second-order valence-corrected chi connectivity index (χ2v) is 4.87. The van der Waals surface area contributed by atoms with Crippen LogP contribution in [0.25, 0.3) is 0 Å². The summed E-state index contributed by atoms with van der Waals surface area (Å²) in [5.74, 6) is -0.496. The molecule has 0 aliphatic heterocycles. The number of aliphatic hydroxyl groups excluding tert-OH is 1. The number of hydrogen-bond donors (Lipinski definition) is 2. The summed E-state index contributed by atoms with van der Waals surface area (Å²) >= 11 is 0. The largest absolute Gasteiger partial charge is 0.395 e. The Balaban J connectivity index is 2.91. The van der Waals surface area contributed by atoms with E-state index in [2.05, 4.69) is 4.72 Å². The molecule has 0 unspecified atom stereocenters. The summed E-state index contributed by atoms with van der Waals surface area (Å²) in [6, 6.07) is 3.90. The van der Waals surface area contributed by atoms with E-state index in [0.717, 1.165) is 12.1 Å². The Morgan fingerprint density at radius 1 is 1.40 bits per heavy atom. The van der Waals surface area contributed by atoms with Crippen LogP contribution < -0.4 is 4.72 Å². The van der Waals surface area contributed by atoms with Gasteiger partial charge in [0.25, 0.3) is 0 Å². The quantitative estimate of drug-likeness (QED) is 0.795. The first-order valence-corrected chi connectivity index (χ1v) is 5.83. The molecule has 1 rings (SSSR count). The molecule has 84 valence electrons. The van der Waals surface area contributed by atoms with Crippen LogP contribution in [0.15, 0.2) is 29.2 Å². The van der Waals surface area contributed by atoms with Gasteiger partial charge in [-0.05, 0) is 31.2 Å². The van der Waals surface area contributed by atoms with Gasteiger partial charge in [-0.15, -0.1) is 0 Å². The average Bonchev–Trinajstić information content (AvgIpc) is 2.17. The maximum atomic E-state index is 12.5. The zero-order chi connectivity index (χ0) is 11.5. The molecule has 6 heteroatoms. The van der Waals surface area contributed by atoms with Gasteiger partial charge in [-0.1, -0.05) is 0 Å². The Labute approximate surface area is 87.8 Å². The molecule has 0 fully saturated rings. The molecule has 0 spiro atoms. The lowest BCUT2D eigenvalue weighted by molar-refractivity contribution is 0.265. The fourth-order valence-electron chi connectivity index (χ4n) is 0.984. The molecule has 2 N–H and O–H groups in total. The third-order valence-electron chi connectivity index (χ3n) is 1.75. The Hall–Kier alpha value is -0.980. The molecule has 0 aromatic heterocycles. The molecule has 1 atom stereocenters. The topological polar surface area (TPSA) is 66.4 Å². The van der Waals surface area contributed by atoms with E-state index in [1.54, 1.807) is 0 Å². The van der Waals surface area contributed by atoms with Gasteiger partial charge in [0, 0.05) is 6.04 Å². The van der Waals surface area contributed by atoms with Gasteiger partial charge in [-0.3, -0.25) is 0 Å². The molecule has 0 amide bonds. The Morgan fingerprint density at radius 2 is 1.93 bits per heavy atom. The molecule has 0 bridgehead atoms. The molecule has 0 radical (unpaired) electrons. The smallest absolute Gasteiger partial charge is 0.240 e. The zero-order valence-electron chi connectivity index (χ0n) is 8.14. The van der Waals surface area contributed by atoms with Gasteiger partial charge in [0.1, 0.15) is 5.82 Å². The van der Waals surface area contributed by atoms with Crippen molar-refractivity contribution >= 4 is 10.0 Å². The highest BCUT2D eigenvalue weighted by Crippen LogP contribution is 2.09. The molecule has 4 nitrogen and oxygen atoms in total. The van der Waals surface area contributed by atoms with Crippen molar-refractivity contribution in [3.8, 4) is 0 Å². The normalized spacial score (nSPS) is 13.8. The van der Waals surface area contributed by atoms with E-state index in [9.17, 15) is 12.8 Å². The van der Waals surface area contributed by atoms with Crippen molar-refractivity contribution in [3.05, 3.63) is 30.1 Å². The predicted molar refractivity (Wildman–Crippen MR) is 53.3 cm³/mol. The average molecular weight is 233 g/mol. The summed E-state index contributed by atoms with van der Waals surface area (Å²) in [4.78, 5) is -0.0239. The summed E-state index contributed by atoms with van der Waals surface area (Å²) in [5.41, 5.74) is 0. The van der Waals surface area contributed by atoms with Crippen LogP contribution >= 0.6 is 0 Å². The van der Waals surface area contributed by atoms with Crippen LogP contribution in [0.1, 0.15) is 6.92 Å². The first kappa shape index (κ1) is 12.1. The zero-order valence-corrected chi connectivity index (χ0v) is 8.96. The highest BCUT2D eigenvalue weighted by atomic mass is 32.2. The highest BCUT2D eigenvalue weighted by molar-refractivity contribution is 7.89. The minimum absolute atomic E-state index is 0.0239. The summed E-state index contributed by atoms with van der Waals surface area (Å²) in [6.07, 6.45) is 0. The van der Waals surface area contributed by atoms with Crippen LogP contribution in [0.5, 0.6) is 0 Å². The van der Waals surface area contributed by atoms with Crippen LogP contribution in [0.4, 0.5) is 4.39 Å². The van der Waals surface area contributed by atoms with Crippen molar-refractivity contribution in [1.82, 2.24) is 4.72 Å². The van der Waals surface area contributed by atoms with Crippen LogP contribution in [0, 0.1) is 5.82 Å². The SMILES string of the molecule is C[C@H](CO)NS(=O)(=O)c1ccc(F)cc1. The van der Waals surface area contributed by atoms with Gasteiger partial charge in [-0.25, -0.2) is 17.5 Å².